The summed E-state index contributed by atoms with van der Waals surface area (Å²) in [4.78, 5) is 14.8. The molecule has 1 aromatic heterocycles. The summed E-state index contributed by atoms with van der Waals surface area (Å²) in [6, 6.07) is 0. The van der Waals surface area contributed by atoms with Gasteiger partial charge in [-0.1, -0.05) is 5.21 Å². The van der Waals surface area contributed by atoms with Gasteiger partial charge in [-0.2, -0.15) is 0 Å². The van der Waals surface area contributed by atoms with Crippen molar-refractivity contribution < 1.29 is 9.90 Å². The van der Waals surface area contributed by atoms with Crippen molar-refractivity contribution in [2.24, 2.45) is 7.05 Å². The van der Waals surface area contributed by atoms with E-state index in [2.05, 4.69) is 15.2 Å². The number of rotatable bonds is 4. The molecule has 0 bridgehead atoms. The van der Waals surface area contributed by atoms with E-state index in [1.807, 2.05) is 18.1 Å². The molecule has 1 aromatic rings. The Kier molecular flexibility index (Phi) is 3.70. The summed E-state index contributed by atoms with van der Waals surface area (Å²) in [6.45, 7) is 4.28. The van der Waals surface area contributed by atoms with Crippen LogP contribution in [0.5, 0.6) is 0 Å². The Bertz CT molecular complexity index is 384. The van der Waals surface area contributed by atoms with E-state index in [0.717, 1.165) is 38.4 Å². The highest BCUT2D eigenvalue weighted by atomic mass is 16.4. The van der Waals surface area contributed by atoms with Crippen LogP contribution >= 0.6 is 0 Å². The van der Waals surface area contributed by atoms with E-state index in [0.29, 0.717) is 0 Å². The van der Waals surface area contributed by atoms with Crippen LogP contribution in [0.4, 0.5) is 0 Å². The van der Waals surface area contributed by atoms with Gasteiger partial charge in [-0.25, -0.2) is 0 Å². The molecule has 0 saturated carbocycles. The van der Waals surface area contributed by atoms with Gasteiger partial charge in [0.1, 0.15) is 0 Å². The van der Waals surface area contributed by atoms with E-state index in [1.165, 1.54) is 0 Å². The zero-order valence-corrected chi connectivity index (χ0v) is 9.91. The third kappa shape index (κ3) is 3.50. The maximum atomic E-state index is 10.6. The van der Waals surface area contributed by atoms with Crippen molar-refractivity contribution in [2.45, 2.75) is 6.54 Å². The van der Waals surface area contributed by atoms with Crippen molar-refractivity contribution in [3.63, 3.8) is 0 Å². The molecule has 1 saturated heterocycles. The number of hydrogen-bond donors (Lipinski definition) is 1. The zero-order valence-electron chi connectivity index (χ0n) is 9.91. The molecule has 1 fully saturated rings. The predicted octanol–water partition coefficient (Wildman–Crippen LogP) is -0.983. The van der Waals surface area contributed by atoms with Gasteiger partial charge in [0.2, 0.25) is 0 Å². The molecule has 1 aliphatic rings. The fourth-order valence-corrected chi connectivity index (χ4v) is 1.99. The molecule has 0 unspecified atom stereocenters. The minimum absolute atomic E-state index is 0.138. The van der Waals surface area contributed by atoms with Crippen LogP contribution in [0.1, 0.15) is 5.69 Å². The number of hydrogen-bond acceptors (Lipinski definition) is 5. The van der Waals surface area contributed by atoms with E-state index < -0.39 is 5.97 Å². The molecule has 1 aliphatic heterocycles. The minimum Gasteiger partial charge on any atom is -0.480 e. The van der Waals surface area contributed by atoms with E-state index in [1.54, 1.807) is 4.68 Å². The van der Waals surface area contributed by atoms with E-state index in [9.17, 15) is 4.79 Å². The predicted molar refractivity (Wildman–Crippen MR) is 60.4 cm³/mol. The lowest BCUT2D eigenvalue weighted by Gasteiger charge is -2.33. The lowest BCUT2D eigenvalue weighted by molar-refractivity contribution is -0.138. The second-order valence-corrected chi connectivity index (χ2v) is 4.33. The number of nitrogens with zero attached hydrogens (tertiary/aromatic N) is 5. The molecule has 2 heterocycles. The van der Waals surface area contributed by atoms with E-state index >= 15 is 0 Å². The summed E-state index contributed by atoms with van der Waals surface area (Å²) < 4.78 is 1.69. The highest BCUT2D eigenvalue weighted by Crippen LogP contribution is 2.05. The molecule has 0 aromatic carbocycles. The van der Waals surface area contributed by atoms with Crippen molar-refractivity contribution in [3.05, 3.63) is 11.9 Å². The Hall–Kier alpha value is -1.47. The van der Waals surface area contributed by atoms with Gasteiger partial charge in [0.25, 0.3) is 0 Å². The Balaban J connectivity index is 1.77. The molecule has 2 rings (SSSR count). The van der Waals surface area contributed by atoms with Crippen molar-refractivity contribution in [3.8, 4) is 0 Å². The molecule has 17 heavy (non-hydrogen) atoms. The minimum atomic E-state index is -0.757. The standard InChI is InChI=1S/C10H17N5O2/c1-13-6-9(11-12-13)7-14-2-4-15(5-3-14)8-10(16)17/h6H,2-5,7-8H2,1H3,(H,16,17). The van der Waals surface area contributed by atoms with Gasteiger partial charge in [0, 0.05) is 46.0 Å². The molecule has 0 spiro atoms. The quantitative estimate of drug-likeness (QED) is 0.727. The first kappa shape index (κ1) is 12.0. The Morgan fingerprint density at radius 2 is 2.00 bits per heavy atom. The van der Waals surface area contributed by atoms with Crippen molar-refractivity contribution >= 4 is 5.97 Å². The van der Waals surface area contributed by atoms with Crippen LogP contribution in [-0.2, 0) is 18.4 Å². The summed E-state index contributed by atoms with van der Waals surface area (Å²) in [5.74, 6) is -0.757. The highest BCUT2D eigenvalue weighted by Gasteiger charge is 2.19. The molecule has 7 heteroatoms. The third-order valence-corrected chi connectivity index (χ3v) is 2.86. The van der Waals surface area contributed by atoms with Crippen LogP contribution in [0.15, 0.2) is 6.20 Å². The normalized spacial score (nSPS) is 18.4. The average molecular weight is 239 g/mol. The monoisotopic (exact) mass is 239 g/mol. The van der Waals surface area contributed by atoms with Crippen molar-refractivity contribution in [2.75, 3.05) is 32.7 Å². The van der Waals surface area contributed by atoms with Crippen LogP contribution in [-0.4, -0.2) is 68.6 Å². The lowest BCUT2D eigenvalue weighted by Crippen LogP contribution is -2.47. The van der Waals surface area contributed by atoms with Crippen LogP contribution in [0.2, 0.25) is 0 Å². The van der Waals surface area contributed by atoms with Crippen LogP contribution < -0.4 is 0 Å². The number of carboxylic acid groups (broad SMARTS) is 1. The fourth-order valence-electron chi connectivity index (χ4n) is 1.99. The smallest absolute Gasteiger partial charge is 0.317 e. The second-order valence-electron chi connectivity index (χ2n) is 4.33. The Morgan fingerprint density at radius 1 is 1.35 bits per heavy atom. The molecule has 0 amide bonds. The molecule has 0 aliphatic carbocycles. The molecule has 7 nitrogen and oxygen atoms in total. The molecule has 0 radical (unpaired) electrons. The van der Waals surface area contributed by atoms with Gasteiger partial charge >= 0.3 is 5.97 Å². The van der Waals surface area contributed by atoms with Gasteiger partial charge in [-0.05, 0) is 0 Å². The SMILES string of the molecule is Cn1cc(CN2CCN(CC(=O)O)CC2)nn1. The number of piperazine rings is 1. The maximum absolute atomic E-state index is 10.6. The summed E-state index contributed by atoms with van der Waals surface area (Å²) >= 11 is 0. The second kappa shape index (κ2) is 5.24. The molecule has 94 valence electrons. The first-order valence-corrected chi connectivity index (χ1v) is 5.65. The summed E-state index contributed by atoms with van der Waals surface area (Å²) in [6.07, 6.45) is 1.91. The highest BCUT2D eigenvalue weighted by molar-refractivity contribution is 5.69. The molecular weight excluding hydrogens is 222 g/mol. The first-order valence-electron chi connectivity index (χ1n) is 5.65. The van der Waals surface area contributed by atoms with Gasteiger partial charge in [-0.3, -0.25) is 19.3 Å². The van der Waals surface area contributed by atoms with Gasteiger partial charge < -0.3 is 5.11 Å². The number of aryl methyl sites for hydroxylation is 1. The van der Waals surface area contributed by atoms with Crippen molar-refractivity contribution in [1.82, 2.24) is 24.8 Å². The Labute approximate surface area is 99.6 Å². The first-order chi connectivity index (χ1) is 8.13. The number of aliphatic carboxylic acids is 1. The number of carbonyl (C=O) groups is 1. The van der Waals surface area contributed by atoms with E-state index in [-0.39, 0.29) is 6.54 Å². The lowest BCUT2D eigenvalue weighted by atomic mass is 10.3. The summed E-state index contributed by atoms with van der Waals surface area (Å²) in [7, 11) is 1.85. The third-order valence-electron chi connectivity index (χ3n) is 2.86. The van der Waals surface area contributed by atoms with Crippen LogP contribution in [0.25, 0.3) is 0 Å². The molecule has 0 atom stereocenters. The largest absolute Gasteiger partial charge is 0.480 e. The van der Waals surface area contributed by atoms with Gasteiger partial charge in [-0.15, -0.1) is 5.10 Å². The van der Waals surface area contributed by atoms with Crippen LogP contribution in [0.3, 0.4) is 0 Å². The van der Waals surface area contributed by atoms with Gasteiger partial charge in [0.05, 0.1) is 12.2 Å². The number of carboxylic acids is 1. The molecular formula is C10H17N5O2. The summed E-state index contributed by atoms with van der Waals surface area (Å²) in [5, 5.41) is 16.6. The Morgan fingerprint density at radius 3 is 2.53 bits per heavy atom. The zero-order chi connectivity index (χ0) is 12.3. The van der Waals surface area contributed by atoms with E-state index in [4.69, 9.17) is 5.11 Å². The van der Waals surface area contributed by atoms with Crippen molar-refractivity contribution in [1.29, 1.82) is 0 Å². The van der Waals surface area contributed by atoms with Crippen LogP contribution in [0, 0.1) is 0 Å². The topological polar surface area (TPSA) is 74.5 Å². The molecule has 1 N–H and O–H groups in total. The van der Waals surface area contributed by atoms with Gasteiger partial charge in [0.15, 0.2) is 0 Å². The average Bonchev–Trinajstić information content (AvgIpc) is 2.66. The fraction of sp³-hybridized carbons (Fsp3) is 0.700. The maximum Gasteiger partial charge on any atom is 0.317 e. The number of aromatic nitrogens is 3. The summed E-state index contributed by atoms with van der Waals surface area (Å²) in [5.41, 5.74) is 0.958.